The average molecular weight is 854 g/mol. The number of nitrogens with one attached hydrogen (secondary N) is 1. The van der Waals surface area contributed by atoms with Crippen LogP contribution in [0.25, 0.3) is 21.5 Å². The molecule has 0 saturated heterocycles. The van der Waals surface area contributed by atoms with Gasteiger partial charge in [-0.15, -0.1) is 0 Å². The van der Waals surface area contributed by atoms with Gasteiger partial charge in [0.05, 0.1) is 0 Å². The van der Waals surface area contributed by atoms with Gasteiger partial charge in [0.1, 0.15) is 0 Å². The number of para-hydroxylation sites is 4. The van der Waals surface area contributed by atoms with E-state index in [0.717, 1.165) is 61.0 Å². The van der Waals surface area contributed by atoms with E-state index in [1.807, 2.05) is 54.6 Å². The lowest BCUT2D eigenvalue weighted by atomic mass is 10.1. The molecule has 0 aromatic heterocycles. The lowest BCUT2D eigenvalue weighted by Gasteiger charge is -2.25. The van der Waals surface area contributed by atoms with Crippen molar-refractivity contribution < 1.29 is 0 Å². The van der Waals surface area contributed by atoms with Crippen molar-refractivity contribution in [1.29, 1.82) is 0 Å². The molecule has 4 nitrogen and oxygen atoms in total. The van der Waals surface area contributed by atoms with Crippen molar-refractivity contribution in [1.82, 2.24) is 0 Å². The average Bonchev–Trinajstić information content (AvgIpc) is 3.33. The number of rotatable bonds is 8. The van der Waals surface area contributed by atoms with E-state index in [0.29, 0.717) is 0 Å². The van der Waals surface area contributed by atoms with Gasteiger partial charge in [-0.2, -0.15) is 0 Å². The van der Waals surface area contributed by atoms with Crippen LogP contribution in [-0.2, 0) is 0 Å². The van der Waals surface area contributed by atoms with E-state index < -0.39 is 0 Å². The minimum Gasteiger partial charge on any atom is -0.398 e. The third-order valence-electron chi connectivity index (χ3n) is 10.2. The van der Waals surface area contributed by atoms with Gasteiger partial charge in [-0.1, -0.05) is 162 Å². The second-order valence-electron chi connectivity index (χ2n) is 14.3. The zero-order valence-electron chi connectivity index (χ0n) is 33.6. The van der Waals surface area contributed by atoms with Gasteiger partial charge in [0.2, 0.25) is 0 Å². The Morgan fingerprint density at radius 2 is 0.656 bits per heavy atom. The summed E-state index contributed by atoms with van der Waals surface area (Å²) in [7, 11) is 0. The van der Waals surface area contributed by atoms with Gasteiger partial charge in [0, 0.05) is 66.4 Å². The Hall–Kier alpha value is -7.60. The summed E-state index contributed by atoms with van der Waals surface area (Å²) in [6, 6.07) is 87.5. The topological polar surface area (TPSA) is 44.5 Å². The molecule has 0 spiro atoms. The lowest BCUT2D eigenvalue weighted by molar-refractivity contribution is 1.28. The zero-order valence-corrected chi connectivity index (χ0v) is 35.2. The van der Waals surface area contributed by atoms with Crippen LogP contribution < -0.4 is 20.9 Å². The van der Waals surface area contributed by atoms with Crippen molar-refractivity contribution in [3.8, 4) is 0 Å². The first-order chi connectivity index (χ1) is 30.1. The standard InChI is InChI=1S/C28H22N2.C18H14BrN.C10H9N/c1-3-12-24(13-4-1)30(25-14-5-2-6-15-25)26-20-18-23(19-21-26)29-28-17-9-11-22-10-7-8-16-27(22)28;19-15-11-13-18(14-12-15)20(16-7-3-1-4-8-16)17-9-5-2-6-10-17;11-10-7-3-5-8-4-1-2-6-9(8)10/h1-21,29H;1-14H;1-7H,11H2. The van der Waals surface area contributed by atoms with Gasteiger partial charge in [-0.3, -0.25) is 0 Å². The molecule has 0 aliphatic heterocycles. The Balaban J connectivity index is 0.000000142. The molecular weight excluding hydrogens is 809 g/mol. The summed E-state index contributed by atoms with van der Waals surface area (Å²) in [5.41, 5.74) is 15.6. The van der Waals surface area contributed by atoms with E-state index in [-0.39, 0.29) is 0 Å². The number of nitrogens with zero attached hydrogens (tertiary/aromatic N) is 2. The highest BCUT2D eigenvalue weighted by Gasteiger charge is 2.13. The SMILES string of the molecule is Brc1ccc(N(c2ccccc2)c2ccccc2)cc1.Nc1cccc2ccccc12.c1ccc(N(c2ccccc2)c2ccc(Nc3cccc4ccccc34)cc2)cc1. The summed E-state index contributed by atoms with van der Waals surface area (Å²) < 4.78 is 1.09. The Labute approximate surface area is 366 Å². The zero-order chi connectivity index (χ0) is 41.6. The maximum absolute atomic E-state index is 5.76. The third kappa shape index (κ3) is 10.2. The summed E-state index contributed by atoms with van der Waals surface area (Å²) in [6.07, 6.45) is 0. The second-order valence-corrected chi connectivity index (χ2v) is 15.2. The molecule has 0 unspecified atom stereocenters. The summed E-state index contributed by atoms with van der Waals surface area (Å²) in [5.74, 6) is 0. The molecule has 0 atom stereocenters. The summed E-state index contributed by atoms with van der Waals surface area (Å²) in [5, 5.41) is 8.37. The largest absolute Gasteiger partial charge is 0.398 e. The predicted octanol–water partition coefficient (Wildman–Crippen LogP) is 16.4. The Bertz CT molecular complexity index is 2800. The van der Waals surface area contributed by atoms with E-state index >= 15 is 0 Å². The predicted molar refractivity (Wildman–Crippen MR) is 266 cm³/mol. The number of anilines is 9. The normalized spacial score (nSPS) is 10.4. The number of hydrogen-bond acceptors (Lipinski definition) is 4. The monoisotopic (exact) mass is 852 g/mol. The molecule has 5 heteroatoms. The van der Waals surface area contributed by atoms with E-state index in [1.165, 1.54) is 16.2 Å². The van der Waals surface area contributed by atoms with Crippen molar-refractivity contribution in [2.45, 2.75) is 0 Å². The minimum atomic E-state index is 0.850. The van der Waals surface area contributed by atoms with Crippen molar-refractivity contribution >= 4 is 88.7 Å². The minimum absolute atomic E-state index is 0.850. The molecule has 296 valence electrons. The summed E-state index contributed by atoms with van der Waals surface area (Å²) >= 11 is 3.49. The van der Waals surface area contributed by atoms with E-state index in [4.69, 9.17) is 5.73 Å². The molecule has 0 amide bonds. The number of benzene rings is 10. The fourth-order valence-electron chi connectivity index (χ4n) is 7.23. The molecule has 10 aromatic carbocycles. The quantitative estimate of drug-likeness (QED) is 0.150. The molecule has 0 saturated carbocycles. The Kier molecular flexibility index (Phi) is 13.1. The molecule has 61 heavy (non-hydrogen) atoms. The van der Waals surface area contributed by atoms with Crippen LogP contribution >= 0.6 is 15.9 Å². The van der Waals surface area contributed by atoms with Gasteiger partial charge in [-0.25, -0.2) is 0 Å². The van der Waals surface area contributed by atoms with Gasteiger partial charge >= 0.3 is 0 Å². The second kappa shape index (κ2) is 19.9. The smallest absolute Gasteiger partial charge is 0.0463 e. The Morgan fingerprint density at radius 3 is 1.11 bits per heavy atom. The van der Waals surface area contributed by atoms with Crippen LogP contribution in [0.5, 0.6) is 0 Å². The van der Waals surface area contributed by atoms with Crippen LogP contribution in [0.4, 0.5) is 51.2 Å². The van der Waals surface area contributed by atoms with Crippen LogP contribution in [0.1, 0.15) is 0 Å². The fourth-order valence-corrected chi connectivity index (χ4v) is 7.49. The molecule has 0 bridgehead atoms. The van der Waals surface area contributed by atoms with E-state index in [1.54, 1.807) is 0 Å². The molecule has 0 aliphatic carbocycles. The van der Waals surface area contributed by atoms with Gasteiger partial charge in [0.15, 0.2) is 0 Å². The van der Waals surface area contributed by atoms with Crippen molar-refractivity contribution in [3.63, 3.8) is 0 Å². The highest BCUT2D eigenvalue weighted by molar-refractivity contribution is 9.10. The molecular formula is C56H45BrN4. The molecule has 0 fully saturated rings. The number of hydrogen-bond donors (Lipinski definition) is 2. The van der Waals surface area contributed by atoms with Gasteiger partial charge < -0.3 is 20.9 Å². The number of fused-ring (bicyclic) bond motifs is 2. The van der Waals surface area contributed by atoms with Gasteiger partial charge in [0.25, 0.3) is 0 Å². The molecule has 0 radical (unpaired) electrons. The fraction of sp³-hybridized carbons (Fsp3) is 0. The van der Waals surface area contributed by atoms with Crippen LogP contribution in [-0.4, -0.2) is 0 Å². The third-order valence-corrected chi connectivity index (χ3v) is 10.7. The Morgan fingerprint density at radius 1 is 0.311 bits per heavy atom. The first-order valence-corrected chi connectivity index (χ1v) is 21.0. The highest BCUT2D eigenvalue weighted by atomic mass is 79.9. The van der Waals surface area contributed by atoms with Crippen molar-refractivity contribution in [2.75, 3.05) is 20.9 Å². The highest BCUT2D eigenvalue weighted by Crippen LogP contribution is 2.36. The van der Waals surface area contributed by atoms with Crippen LogP contribution in [0.3, 0.4) is 0 Å². The van der Waals surface area contributed by atoms with Crippen molar-refractivity contribution in [3.05, 3.63) is 259 Å². The first kappa shape index (κ1) is 40.2. The molecule has 10 rings (SSSR count). The maximum atomic E-state index is 5.76. The van der Waals surface area contributed by atoms with Crippen molar-refractivity contribution in [2.24, 2.45) is 0 Å². The van der Waals surface area contributed by atoms with Gasteiger partial charge in [-0.05, 0) is 120 Å². The summed E-state index contributed by atoms with van der Waals surface area (Å²) in [6.45, 7) is 0. The van der Waals surface area contributed by atoms with E-state index in [2.05, 4.69) is 231 Å². The van der Waals surface area contributed by atoms with E-state index in [9.17, 15) is 0 Å². The molecule has 3 N–H and O–H groups in total. The molecule has 0 aliphatic rings. The lowest BCUT2D eigenvalue weighted by Crippen LogP contribution is -2.09. The number of nitrogen functional groups attached to an aromatic ring is 1. The molecule has 0 heterocycles. The summed E-state index contributed by atoms with van der Waals surface area (Å²) in [4.78, 5) is 4.51. The van der Waals surface area contributed by atoms with Crippen LogP contribution in [0.15, 0.2) is 259 Å². The number of nitrogens with two attached hydrogens (primary N) is 1. The van der Waals surface area contributed by atoms with Crippen LogP contribution in [0.2, 0.25) is 0 Å². The molecule has 10 aromatic rings. The maximum Gasteiger partial charge on any atom is 0.0463 e. The number of halogens is 1. The first-order valence-electron chi connectivity index (χ1n) is 20.2. The van der Waals surface area contributed by atoms with Crippen LogP contribution in [0, 0.1) is 0 Å².